The lowest BCUT2D eigenvalue weighted by Gasteiger charge is -2.33. The zero-order chi connectivity index (χ0) is 21.2. The summed E-state index contributed by atoms with van der Waals surface area (Å²) in [5.74, 6) is 2.57. The lowest BCUT2D eigenvalue weighted by atomic mass is 10.0. The highest BCUT2D eigenvalue weighted by molar-refractivity contribution is 5.85. The summed E-state index contributed by atoms with van der Waals surface area (Å²) in [6, 6.07) is 17.4. The van der Waals surface area contributed by atoms with Crippen LogP contribution in [-0.4, -0.2) is 42.5 Å². The minimum Gasteiger partial charge on any atom is -0.483 e. The molecule has 6 heteroatoms. The van der Waals surface area contributed by atoms with Crippen LogP contribution < -0.4 is 15.6 Å². The maximum absolute atomic E-state index is 12.4. The summed E-state index contributed by atoms with van der Waals surface area (Å²) >= 11 is 0. The number of likely N-dealkylation sites (tertiary alicyclic amines) is 1. The molecule has 1 heterocycles. The lowest BCUT2D eigenvalue weighted by molar-refractivity contribution is -0.133. The van der Waals surface area contributed by atoms with Crippen LogP contribution >= 0.6 is 0 Å². The van der Waals surface area contributed by atoms with Crippen LogP contribution in [-0.2, 0) is 16.0 Å². The smallest absolute Gasteiger partial charge is 0.276 e. The Morgan fingerprint density at radius 3 is 2.63 bits per heavy atom. The molecular weight excluding hydrogens is 378 g/mol. The fourth-order valence-electron chi connectivity index (χ4n) is 3.59. The topological polar surface area (TPSA) is 70.7 Å². The summed E-state index contributed by atoms with van der Waals surface area (Å²) in [5.41, 5.74) is 7.10. The quantitative estimate of drug-likeness (QED) is 0.548. The summed E-state index contributed by atoms with van der Waals surface area (Å²) in [6.45, 7) is 1.02. The van der Waals surface area contributed by atoms with Crippen LogP contribution in [0.5, 0.6) is 5.75 Å². The van der Waals surface area contributed by atoms with Gasteiger partial charge in [-0.25, -0.2) is 0 Å². The number of carbonyl (C=O) groups is 2. The number of benzene rings is 2. The van der Waals surface area contributed by atoms with Crippen molar-refractivity contribution >= 4 is 11.8 Å². The molecule has 0 spiro atoms. The number of terminal acetylenes is 1. The van der Waals surface area contributed by atoms with Crippen molar-refractivity contribution in [2.24, 2.45) is 0 Å². The van der Waals surface area contributed by atoms with E-state index < -0.39 is 5.91 Å². The van der Waals surface area contributed by atoms with Crippen molar-refractivity contribution in [2.45, 2.75) is 31.7 Å². The number of rotatable bonds is 7. The number of amides is 2. The second-order valence-electron chi connectivity index (χ2n) is 7.28. The number of nitrogens with zero attached hydrogens (tertiary/aromatic N) is 1. The Morgan fingerprint density at radius 2 is 1.83 bits per heavy atom. The van der Waals surface area contributed by atoms with Crippen LogP contribution in [0.25, 0.3) is 0 Å². The molecule has 1 aliphatic heterocycles. The first kappa shape index (κ1) is 21.4. The third-order valence-electron chi connectivity index (χ3n) is 5.10. The molecule has 1 aliphatic rings. The number of piperidine rings is 1. The van der Waals surface area contributed by atoms with Gasteiger partial charge in [-0.1, -0.05) is 60.9 Å². The Labute approximate surface area is 177 Å². The van der Waals surface area contributed by atoms with Crippen molar-refractivity contribution in [1.29, 1.82) is 0 Å². The van der Waals surface area contributed by atoms with Gasteiger partial charge in [0.1, 0.15) is 5.75 Å². The van der Waals surface area contributed by atoms with E-state index >= 15 is 0 Å². The highest BCUT2D eigenvalue weighted by atomic mass is 16.5. The number of hydrogen-bond donors (Lipinski definition) is 2. The molecule has 30 heavy (non-hydrogen) atoms. The van der Waals surface area contributed by atoms with E-state index in [9.17, 15) is 9.59 Å². The highest BCUT2D eigenvalue weighted by Crippen LogP contribution is 2.21. The molecule has 3 rings (SSSR count). The normalized spacial score (nSPS) is 16.3. The number of hydrogen-bond acceptors (Lipinski definition) is 4. The predicted molar refractivity (Wildman–Crippen MR) is 116 cm³/mol. The van der Waals surface area contributed by atoms with Crippen LogP contribution in [0, 0.1) is 12.3 Å². The fourth-order valence-corrected chi connectivity index (χ4v) is 3.59. The Morgan fingerprint density at radius 1 is 1.07 bits per heavy atom. The van der Waals surface area contributed by atoms with E-state index in [4.69, 9.17) is 11.2 Å². The molecule has 6 nitrogen and oxygen atoms in total. The van der Waals surface area contributed by atoms with Crippen LogP contribution in [0.4, 0.5) is 0 Å². The number of ether oxygens (including phenoxy) is 1. The SMILES string of the molecule is C#CCN1CCCC[C@@H]1C(=O)NNC(=O)COc1ccccc1Cc1ccccc1. The number of para-hydroxylation sites is 1. The third kappa shape index (κ3) is 6.10. The van der Waals surface area contributed by atoms with Crippen molar-refractivity contribution in [3.05, 3.63) is 65.7 Å². The van der Waals surface area contributed by atoms with Crippen molar-refractivity contribution in [2.75, 3.05) is 19.7 Å². The maximum Gasteiger partial charge on any atom is 0.276 e. The van der Waals surface area contributed by atoms with Crippen molar-refractivity contribution in [1.82, 2.24) is 15.8 Å². The van der Waals surface area contributed by atoms with Gasteiger partial charge in [0.2, 0.25) is 0 Å². The highest BCUT2D eigenvalue weighted by Gasteiger charge is 2.28. The molecule has 0 unspecified atom stereocenters. The van der Waals surface area contributed by atoms with E-state index in [1.165, 1.54) is 0 Å². The summed E-state index contributed by atoms with van der Waals surface area (Å²) in [7, 11) is 0. The Kier molecular flexibility index (Phi) is 7.87. The molecule has 0 aromatic heterocycles. The summed E-state index contributed by atoms with van der Waals surface area (Å²) in [5, 5.41) is 0. The molecule has 0 aliphatic carbocycles. The van der Waals surface area contributed by atoms with Gasteiger partial charge in [-0.15, -0.1) is 6.42 Å². The minimum atomic E-state index is -0.419. The molecule has 2 N–H and O–H groups in total. The van der Waals surface area contributed by atoms with Gasteiger partial charge in [0.15, 0.2) is 6.61 Å². The molecule has 1 saturated heterocycles. The Bertz CT molecular complexity index is 892. The number of hydrazine groups is 1. The molecule has 156 valence electrons. The monoisotopic (exact) mass is 405 g/mol. The van der Waals surface area contributed by atoms with E-state index in [-0.39, 0.29) is 18.6 Å². The molecule has 2 aromatic carbocycles. The molecule has 1 fully saturated rings. The maximum atomic E-state index is 12.4. The average Bonchev–Trinajstić information content (AvgIpc) is 2.78. The summed E-state index contributed by atoms with van der Waals surface area (Å²) in [4.78, 5) is 26.6. The average molecular weight is 405 g/mol. The first-order chi connectivity index (χ1) is 14.7. The Hall–Kier alpha value is -3.30. The van der Waals surface area contributed by atoms with Gasteiger partial charge in [0.25, 0.3) is 11.8 Å². The van der Waals surface area contributed by atoms with E-state index in [2.05, 4.69) is 16.8 Å². The first-order valence-corrected chi connectivity index (χ1v) is 10.2. The van der Waals surface area contributed by atoms with Gasteiger partial charge in [-0.3, -0.25) is 25.3 Å². The second-order valence-corrected chi connectivity index (χ2v) is 7.28. The fraction of sp³-hybridized carbons (Fsp3) is 0.333. The minimum absolute atomic E-state index is 0.190. The third-order valence-corrected chi connectivity index (χ3v) is 5.10. The van der Waals surface area contributed by atoms with Gasteiger partial charge >= 0.3 is 0 Å². The molecular formula is C24H27N3O3. The van der Waals surface area contributed by atoms with E-state index in [0.29, 0.717) is 18.7 Å². The summed E-state index contributed by atoms with van der Waals surface area (Å²) in [6.07, 6.45) is 8.82. The second kappa shape index (κ2) is 11.0. The van der Waals surface area contributed by atoms with Gasteiger partial charge in [-0.2, -0.15) is 0 Å². The Balaban J connectivity index is 1.49. The molecule has 2 amide bonds. The van der Waals surface area contributed by atoms with Gasteiger partial charge in [-0.05, 0) is 36.6 Å². The van der Waals surface area contributed by atoms with Crippen LogP contribution in [0.1, 0.15) is 30.4 Å². The van der Waals surface area contributed by atoms with Crippen molar-refractivity contribution in [3.63, 3.8) is 0 Å². The number of nitrogens with one attached hydrogen (secondary N) is 2. The largest absolute Gasteiger partial charge is 0.483 e. The van der Waals surface area contributed by atoms with E-state index in [1.807, 2.05) is 59.5 Å². The first-order valence-electron chi connectivity index (χ1n) is 10.2. The molecule has 2 aromatic rings. The van der Waals surface area contributed by atoms with Crippen LogP contribution in [0.15, 0.2) is 54.6 Å². The predicted octanol–water partition coefficient (Wildman–Crippen LogP) is 2.29. The van der Waals surface area contributed by atoms with Crippen molar-refractivity contribution in [3.8, 4) is 18.1 Å². The van der Waals surface area contributed by atoms with Gasteiger partial charge in [0, 0.05) is 6.42 Å². The van der Waals surface area contributed by atoms with Crippen molar-refractivity contribution < 1.29 is 14.3 Å². The molecule has 0 bridgehead atoms. The molecule has 0 radical (unpaired) electrons. The van der Waals surface area contributed by atoms with Crippen LogP contribution in [0.2, 0.25) is 0 Å². The van der Waals surface area contributed by atoms with Gasteiger partial charge in [0.05, 0.1) is 12.6 Å². The van der Waals surface area contributed by atoms with Crippen LogP contribution in [0.3, 0.4) is 0 Å². The van der Waals surface area contributed by atoms with Gasteiger partial charge < -0.3 is 4.74 Å². The lowest BCUT2D eigenvalue weighted by Crippen LogP contribution is -2.54. The standard InChI is InChI=1S/C24H27N3O3/c1-2-15-27-16-9-8-13-21(27)24(29)26-25-23(28)18-30-22-14-7-6-12-20(22)17-19-10-4-3-5-11-19/h1,3-7,10-12,14,21H,8-9,13,15-18H2,(H,25,28)(H,26,29)/t21-/m1/s1. The van der Waals surface area contributed by atoms with E-state index in [0.717, 1.165) is 36.9 Å². The zero-order valence-corrected chi connectivity index (χ0v) is 17.0. The summed E-state index contributed by atoms with van der Waals surface area (Å²) < 4.78 is 5.71. The molecule has 0 saturated carbocycles. The van der Waals surface area contributed by atoms with E-state index in [1.54, 1.807) is 0 Å². The number of carbonyl (C=O) groups excluding carboxylic acids is 2. The zero-order valence-electron chi connectivity index (χ0n) is 17.0. The molecule has 1 atom stereocenters.